The molecule has 2 N–H and O–H groups in total. The van der Waals surface area contributed by atoms with Crippen LogP contribution < -0.4 is 5.73 Å². The van der Waals surface area contributed by atoms with Gasteiger partial charge in [0.05, 0.1) is 11.2 Å². The summed E-state index contributed by atoms with van der Waals surface area (Å²) in [5, 5.41) is 0. The first-order chi connectivity index (χ1) is 8.29. The van der Waals surface area contributed by atoms with Gasteiger partial charge in [0.25, 0.3) is 0 Å². The van der Waals surface area contributed by atoms with Crippen molar-refractivity contribution in [3.63, 3.8) is 0 Å². The lowest BCUT2D eigenvalue weighted by atomic mass is 9.93. The summed E-state index contributed by atoms with van der Waals surface area (Å²) in [6.07, 6.45) is 5.04. The van der Waals surface area contributed by atoms with Crippen LogP contribution >= 0.6 is 11.3 Å². The molecule has 1 aliphatic heterocycles. The van der Waals surface area contributed by atoms with E-state index in [2.05, 4.69) is 16.8 Å². The molecule has 17 heavy (non-hydrogen) atoms. The molecule has 1 saturated heterocycles. The first-order valence-corrected chi connectivity index (χ1v) is 7.49. The molecule has 3 nitrogen and oxygen atoms in total. The van der Waals surface area contributed by atoms with Crippen LogP contribution in [0, 0.1) is 12.8 Å². The first-order valence-electron chi connectivity index (χ1n) is 6.61. The van der Waals surface area contributed by atoms with E-state index in [1.54, 1.807) is 11.3 Å². The largest absolute Gasteiger partial charge is 0.330 e. The van der Waals surface area contributed by atoms with Crippen molar-refractivity contribution < 1.29 is 0 Å². The summed E-state index contributed by atoms with van der Waals surface area (Å²) in [4.78, 5) is 8.35. The molecule has 0 spiro atoms. The van der Waals surface area contributed by atoms with E-state index in [0.29, 0.717) is 0 Å². The van der Waals surface area contributed by atoms with E-state index in [0.717, 1.165) is 18.9 Å². The van der Waals surface area contributed by atoms with Gasteiger partial charge in [0, 0.05) is 11.4 Å². The molecule has 96 valence electrons. The zero-order valence-corrected chi connectivity index (χ0v) is 11.5. The maximum atomic E-state index is 5.61. The van der Waals surface area contributed by atoms with Gasteiger partial charge in [-0.3, -0.25) is 0 Å². The minimum Gasteiger partial charge on any atom is -0.330 e. The van der Waals surface area contributed by atoms with Crippen LogP contribution in [0.1, 0.15) is 29.8 Å². The standard InChI is InChI=1S/C13H23N3S/c1-11-13(17-10-15-11)5-9-16-7-3-12(2-6-14)4-8-16/h10,12H,2-9,14H2,1H3. The third-order valence-corrected chi connectivity index (χ3v) is 4.78. The molecule has 2 rings (SSSR count). The van der Waals surface area contributed by atoms with Crippen LogP contribution in [0.15, 0.2) is 5.51 Å². The number of rotatable bonds is 5. The van der Waals surface area contributed by atoms with Crippen LogP contribution in [0.5, 0.6) is 0 Å². The molecule has 1 fully saturated rings. The number of nitrogens with zero attached hydrogens (tertiary/aromatic N) is 2. The molecule has 0 aliphatic carbocycles. The van der Waals surface area contributed by atoms with Crippen LogP contribution in [-0.2, 0) is 6.42 Å². The second kappa shape index (κ2) is 6.47. The molecule has 0 bridgehead atoms. The highest BCUT2D eigenvalue weighted by Crippen LogP contribution is 2.20. The Hall–Kier alpha value is -0.450. The number of thiazole rings is 1. The Labute approximate surface area is 108 Å². The summed E-state index contributed by atoms with van der Waals surface area (Å²) in [5.41, 5.74) is 8.79. The maximum Gasteiger partial charge on any atom is 0.0797 e. The van der Waals surface area contributed by atoms with E-state index < -0.39 is 0 Å². The average Bonchev–Trinajstić information content (AvgIpc) is 2.75. The Morgan fingerprint density at radius 1 is 1.47 bits per heavy atom. The second-order valence-corrected chi connectivity index (χ2v) is 5.91. The highest BCUT2D eigenvalue weighted by atomic mass is 32.1. The number of nitrogens with two attached hydrogens (primary N) is 1. The fraction of sp³-hybridized carbons (Fsp3) is 0.769. The summed E-state index contributed by atoms with van der Waals surface area (Å²) in [5.74, 6) is 0.876. The fourth-order valence-electron chi connectivity index (χ4n) is 2.56. The first kappa shape index (κ1) is 13.0. The van der Waals surface area contributed by atoms with E-state index in [4.69, 9.17) is 5.73 Å². The van der Waals surface area contributed by atoms with Crippen molar-refractivity contribution in [2.75, 3.05) is 26.2 Å². The van der Waals surface area contributed by atoms with E-state index in [1.807, 2.05) is 5.51 Å². The Balaban J connectivity index is 1.70. The van der Waals surface area contributed by atoms with Crippen LogP contribution in [-0.4, -0.2) is 36.1 Å². The Kier molecular flexibility index (Phi) is 4.95. The van der Waals surface area contributed by atoms with E-state index in [1.165, 1.54) is 49.5 Å². The predicted molar refractivity (Wildman–Crippen MR) is 73.4 cm³/mol. The zero-order valence-electron chi connectivity index (χ0n) is 10.7. The average molecular weight is 253 g/mol. The Morgan fingerprint density at radius 2 is 2.24 bits per heavy atom. The molecule has 0 aromatic carbocycles. The SMILES string of the molecule is Cc1ncsc1CCN1CCC(CCN)CC1. The van der Waals surface area contributed by atoms with Gasteiger partial charge in [0.2, 0.25) is 0 Å². The third kappa shape index (κ3) is 3.76. The van der Waals surface area contributed by atoms with E-state index >= 15 is 0 Å². The zero-order chi connectivity index (χ0) is 12.1. The van der Waals surface area contributed by atoms with Gasteiger partial charge in [0.1, 0.15) is 0 Å². The summed E-state index contributed by atoms with van der Waals surface area (Å²) in [7, 11) is 0. The van der Waals surface area contributed by atoms with Crippen LogP contribution in [0.2, 0.25) is 0 Å². The van der Waals surface area contributed by atoms with Gasteiger partial charge in [-0.25, -0.2) is 4.98 Å². The van der Waals surface area contributed by atoms with Gasteiger partial charge >= 0.3 is 0 Å². The third-order valence-electron chi connectivity index (χ3n) is 3.78. The number of aryl methyl sites for hydroxylation is 1. The van der Waals surface area contributed by atoms with Gasteiger partial charge in [-0.05, 0) is 58.2 Å². The quantitative estimate of drug-likeness (QED) is 0.873. The van der Waals surface area contributed by atoms with Gasteiger partial charge in [-0.15, -0.1) is 11.3 Å². The number of hydrogen-bond donors (Lipinski definition) is 1. The molecule has 4 heteroatoms. The van der Waals surface area contributed by atoms with Crippen molar-refractivity contribution in [3.05, 3.63) is 16.1 Å². The topological polar surface area (TPSA) is 42.2 Å². The second-order valence-electron chi connectivity index (χ2n) is 4.97. The predicted octanol–water partition coefficient (Wildman–Crippen LogP) is 2.05. The molecular formula is C13H23N3S. The van der Waals surface area contributed by atoms with Crippen molar-refractivity contribution >= 4 is 11.3 Å². The molecule has 0 unspecified atom stereocenters. The molecule has 0 saturated carbocycles. The normalized spacial score (nSPS) is 18.7. The molecule has 1 aliphatic rings. The van der Waals surface area contributed by atoms with Crippen molar-refractivity contribution in [2.24, 2.45) is 11.7 Å². The molecule has 1 aromatic rings. The van der Waals surface area contributed by atoms with Gasteiger partial charge in [0.15, 0.2) is 0 Å². The minimum absolute atomic E-state index is 0.852. The highest BCUT2D eigenvalue weighted by Gasteiger charge is 2.18. The lowest BCUT2D eigenvalue weighted by Crippen LogP contribution is -2.35. The summed E-state index contributed by atoms with van der Waals surface area (Å²) >= 11 is 1.79. The van der Waals surface area contributed by atoms with Gasteiger partial charge in [-0.2, -0.15) is 0 Å². The van der Waals surface area contributed by atoms with Crippen LogP contribution in [0.4, 0.5) is 0 Å². The number of likely N-dealkylation sites (tertiary alicyclic amines) is 1. The van der Waals surface area contributed by atoms with Gasteiger partial charge < -0.3 is 10.6 Å². The number of aromatic nitrogens is 1. The summed E-state index contributed by atoms with van der Waals surface area (Å²) in [6.45, 7) is 6.66. The molecule has 0 amide bonds. The number of piperidine rings is 1. The van der Waals surface area contributed by atoms with Crippen molar-refractivity contribution in [3.8, 4) is 0 Å². The summed E-state index contributed by atoms with van der Waals surface area (Å²) < 4.78 is 0. The van der Waals surface area contributed by atoms with E-state index in [9.17, 15) is 0 Å². The highest BCUT2D eigenvalue weighted by molar-refractivity contribution is 7.09. The Morgan fingerprint density at radius 3 is 2.82 bits per heavy atom. The van der Waals surface area contributed by atoms with Crippen LogP contribution in [0.3, 0.4) is 0 Å². The lowest BCUT2D eigenvalue weighted by Gasteiger charge is -2.31. The van der Waals surface area contributed by atoms with E-state index in [-0.39, 0.29) is 0 Å². The van der Waals surface area contributed by atoms with Crippen molar-refractivity contribution in [1.29, 1.82) is 0 Å². The maximum absolute atomic E-state index is 5.61. The molecule has 0 radical (unpaired) electrons. The lowest BCUT2D eigenvalue weighted by molar-refractivity contribution is 0.182. The number of hydrogen-bond acceptors (Lipinski definition) is 4. The Bertz CT molecular complexity index is 329. The smallest absolute Gasteiger partial charge is 0.0797 e. The molecule has 1 aromatic heterocycles. The molecule has 2 heterocycles. The monoisotopic (exact) mass is 253 g/mol. The fourth-order valence-corrected chi connectivity index (χ4v) is 3.33. The van der Waals surface area contributed by atoms with Crippen molar-refractivity contribution in [1.82, 2.24) is 9.88 Å². The molecular weight excluding hydrogens is 230 g/mol. The minimum atomic E-state index is 0.852. The van der Waals surface area contributed by atoms with Crippen molar-refractivity contribution in [2.45, 2.75) is 32.6 Å². The molecule has 0 atom stereocenters. The summed E-state index contributed by atoms with van der Waals surface area (Å²) in [6, 6.07) is 0. The van der Waals surface area contributed by atoms with Crippen LogP contribution in [0.25, 0.3) is 0 Å². The van der Waals surface area contributed by atoms with Gasteiger partial charge in [-0.1, -0.05) is 0 Å².